The minimum Gasteiger partial charge on any atom is -0.493 e. The van der Waals surface area contributed by atoms with E-state index in [0.29, 0.717) is 22.6 Å². The Morgan fingerprint density at radius 1 is 0.900 bits per heavy atom. The molecule has 0 aromatic heterocycles. The molecule has 0 saturated heterocycles. The van der Waals surface area contributed by atoms with E-state index in [9.17, 15) is 4.79 Å². The van der Waals surface area contributed by atoms with Gasteiger partial charge in [-0.05, 0) is 30.2 Å². The van der Waals surface area contributed by atoms with Gasteiger partial charge in [0.05, 0.1) is 14.2 Å². The van der Waals surface area contributed by atoms with Crippen molar-refractivity contribution in [1.82, 2.24) is 0 Å². The highest BCUT2D eigenvalue weighted by Gasteiger charge is 2.12. The summed E-state index contributed by atoms with van der Waals surface area (Å²) >= 11 is 0. The average molecular weight is 270 g/mol. The van der Waals surface area contributed by atoms with Crippen molar-refractivity contribution in [2.45, 2.75) is 13.3 Å². The molecule has 0 radical (unpaired) electrons. The standard InChI is InChI=1S/C17H18O3/c1-4-12-5-7-13(8-6-12)17(18)14-9-10-15(19-2)16(11-14)20-3/h5-11H,4H2,1-3H3. The Kier molecular flexibility index (Phi) is 4.41. The van der Waals surface area contributed by atoms with Crippen molar-refractivity contribution in [2.24, 2.45) is 0 Å². The fourth-order valence-corrected chi connectivity index (χ4v) is 2.04. The maximum Gasteiger partial charge on any atom is 0.193 e. The number of carbonyl (C=O) groups is 1. The van der Waals surface area contributed by atoms with Crippen molar-refractivity contribution in [3.8, 4) is 11.5 Å². The van der Waals surface area contributed by atoms with Crippen LogP contribution in [0.2, 0.25) is 0 Å². The van der Waals surface area contributed by atoms with Gasteiger partial charge in [0.2, 0.25) is 0 Å². The van der Waals surface area contributed by atoms with E-state index in [0.717, 1.165) is 6.42 Å². The number of ether oxygens (including phenoxy) is 2. The lowest BCUT2D eigenvalue weighted by Gasteiger charge is -2.09. The molecule has 3 heteroatoms. The molecule has 0 aliphatic carbocycles. The Hall–Kier alpha value is -2.29. The van der Waals surface area contributed by atoms with Crippen LogP contribution in [-0.2, 0) is 6.42 Å². The summed E-state index contributed by atoms with van der Waals surface area (Å²) < 4.78 is 10.4. The van der Waals surface area contributed by atoms with Gasteiger partial charge in [0.25, 0.3) is 0 Å². The van der Waals surface area contributed by atoms with Crippen LogP contribution in [0.3, 0.4) is 0 Å². The molecule has 0 unspecified atom stereocenters. The van der Waals surface area contributed by atoms with Gasteiger partial charge in [0.15, 0.2) is 17.3 Å². The van der Waals surface area contributed by atoms with E-state index in [4.69, 9.17) is 9.47 Å². The number of methoxy groups -OCH3 is 2. The van der Waals surface area contributed by atoms with E-state index >= 15 is 0 Å². The Bertz CT molecular complexity index is 600. The van der Waals surface area contributed by atoms with E-state index < -0.39 is 0 Å². The largest absolute Gasteiger partial charge is 0.493 e. The van der Waals surface area contributed by atoms with Crippen LogP contribution in [0.5, 0.6) is 11.5 Å². The van der Waals surface area contributed by atoms with Crippen molar-refractivity contribution < 1.29 is 14.3 Å². The lowest BCUT2D eigenvalue weighted by Crippen LogP contribution is -2.02. The van der Waals surface area contributed by atoms with Gasteiger partial charge < -0.3 is 9.47 Å². The monoisotopic (exact) mass is 270 g/mol. The fourth-order valence-electron chi connectivity index (χ4n) is 2.04. The Morgan fingerprint density at radius 2 is 1.50 bits per heavy atom. The van der Waals surface area contributed by atoms with Crippen molar-refractivity contribution in [3.05, 3.63) is 59.2 Å². The molecule has 0 spiro atoms. The van der Waals surface area contributed by atoms with Crippen LogP contribution in [0.4, 0.5) is 0 Å². The van der Waals surface area contributed by atoms with Crippen molar-refractivity contribution >= 4 is 5.78 Å². The molecule has 0 heterocycles. The third-order valence-corrected chi connectivity index (χ3v) is 3.27. The Labute approximate surface area is 119 Å². The first-order chi connectivity index (χ1) is 9.69. The number of hydrogen-bond acceptors (Lipinski definition) is 3. The number of carbonyl (C=O) groups excluding carboxylic acids is 1. The van der Waals surface area contributed by atoms with E-state index in [1.54, 1.807) is 32.4 Å². The molecule has 2 rings (SSSR count). The van der Waals surface area contributed by atoms with Crippen molar-refractivity contribution in [1.29, 1.82) is 0 Å². The number of aryl methyl sites for hydroxylation is 1. The Balaban J connectivity index is 2.32. The normalized spacial score (nSPS) is 10.2. The lowest BCUT2D eigenvalue weighted by atomic mass is 10.0. The van der Waals surface area contributed by atoms with Crippen LogP contribution in [0.15, 0.2) is 42.5 Å². The smallest absolute Gasteiger partial charge is 0.193 e. The third kappa shape index (κ3) is 2.82. The molecule has 0 amide bonds. The zero-order valence-corrected chi connectivity index (χ0v) is 12.0. The first-order valence-corrected chi connectivity index (χ1v) is 6.55. The zero-order chi connectivity index (χ0) is 14.5. The van der Waals surface area contributed by atoms with Gasteiger partial charge in [0.1, 0.15) is 0 Å². The molecule has 104 valence electrons. The highest BCUT2D eigenvalue weighted by atomic mass is 16.5. The molecule has 0 saturated carbocycles. The van der Waals surface area contributed by atoms with E-state index in [-0.39, 0.29) is 5.78 Å². The van der Waals surface area contributed by atoms with Gasteiger partial charge in [-0.15, -0.1) is 0 Å². The summed E-state index contributed by atoms with van der Waals surface area (Å²) in [5.74, 6) is 1.16. The van der Waals surface area contributed by atoms with Gasteiger partial charge in [-0.3, -0.25) is 4.79 Å². The first kappa shape index (κ1) is 14.1. The minimum absolute atomic E-state index is 0.0198. The minimum atomic E-state index is -0.0198. The molecule has 2 aromatic rings. The van der Waals surface area contributed by atoms with Crippen LogP contribution in [0.25, 0.3) is 0 Å². The van der Waals surface area contributed by atoms with Gasteiger partial charge >= 0.3 is 0 Å². The van der Waals surface area contributed by atoms with Gasteiger partial charge in [-0.1, -0.05) is 31.2 Å². The van der Waals surface area contributed by atoms with Crippen LogP contribution < -0.4 is 9.47 Å². The average Bonchev–Trinajstić information content (AvgIpc) is 2.53. The molecule has 20 heavy (non-hydrogen) atoms. The molecule has 0 aliphatic rings. The predicted octanol–water partition coefficient (Wildman–Crippen LogP) is 3.50. The maximum atomic E-state index is 12.4. The Morgan fingerprint density at radius 3 is 2.05 bits per heavy atom. The number of rotatable bonds is 5. The predicted molar refractivity (Wildman–Crippen MR) is 78.8 cm³/mol. The topological polar surface area (TPSA) is 35.5 Å². The van der Waals surface area contributed by atoms with Crippen molar-refractivity contribution in [3.63, 3.8) is 0 Å². The summed E-state index contributed by atoms with van der Waals surface area (Å²) in [5.41, 5.74) is 2.48. The summed E-state index contributed by atoms with van der Waals surface area (Å²) in [4.78, 5) is 12.4. The summed E-state index contributed by atoms with van der Waals surface area (Å²) in [6, 6.07) is 12.9. The van der Waals surface area contributed by atoms with Crippen LogP contribution >= 0.6 is 0 Å². The van der Waals surface area contributed by atoms with E-state index in [2.05, 4.69) is 6.92 Å². The molecule has 0 aliphatic heterocycles. The van der Waals surface area contributed by atoms with E-state index in [1.165, 1.54) is 5.56 Å². The van der Waals surface area contributed by atoms with Crippen molar-refractivity contribution in [2.75, 3.05) is 14.2 Å². The highest BCUT2D eigenvalue weighted by molar-refractivity contribution is 6.09. The number of ketones is 1. The second-order valence-electron chi connectivity index (χ2n) is 4.45. The van der Waals surface area contributed by atoms with Gasteiger partial charge in [-0.2, -0.15) is 0 Å². The second kappa shape index (κ2) is 6.24. The van der Waals surface area contributed by atoms with Crippen LogP contribution in [0, 0.1) is 0 Å². The molecule has 2 aromatic carbocycles. The lowest BCUT2D eigenvalue weighted by molar-refractivity contribution is 0.103. The molecular weight excluding hydrogens is 252 g/mol. The summed E-state index contributed by atoms with van der Waals surface area (Å²) in [5, 5.41) is 0. The fraction of sp³-hybridized carbons (Fsp3) is 0.235. The molecule has 0 N–H and O–H groups in total. The number of hydrogen-bond donors (Lipinski definition) is 0. The van der Waals surface area contributed by atoms with Gasteiger partial charge in [-0.25, -0.2) is 0 Å². The summed E-state index contributed by atoms with van der Waals surface area (Å²) in [7, 11) is 3.13. The second-order valence-corrected chi connectivity index (χ2v) is 4.45. The highest BCUT2D eigenvalue weighted by Crippen LogP contribution is 2.28. The molecular formula is C17H18O3. The van der Waals surface area contributed by atoms with Crippen LogP contribution in [0.1, 0.15) is 28.4 Å². The number of benzene rings is 2. The van der Waals surface area contributed by atoms with E-state index in [1.807, 2.05) is 24.3 Å². The third-order valence-electron chi connectivity index (χ3n) is 3.27. The summed E-state index contributed by atoms with van der Waals surface area (Å²) in [6.45, 7) is 2.09. The maximum absolute atomic E-state index is 12.4. The molecule has 0 atom stereocenters. The quantitative estimate of drug-likeness (QED) is 0.780. The zero-order valence-electron chi connectivity index (χ0n) is 12.0. The molecule has 3 nitrogen and oxygen atoms in total. The van der Waals surface area contributed by atoms with Crippen LogP contribution in [-0.4, -0.2) is 20.0 Å². The molecule has 0 bridgehead atoms. The SMILES string of the molecule is CCc1ccc(C(=O)c2ccc(OC)c(OC)c2)cc1. The van der Waals surface area contributed by atoms with Gasteiger partial charge in [0, 0.05) is 11.1 Å². The molecule has 0 fully saturated rings. The summed E-state index contributed by atoms with van der Waals surface area (Å²) in [6.07, 6.45) is 0.963. The first-order valence-electron chi connectivity index (χ1n) is 6.55.